The van der Waals surface area contributed by atoms with Gasteiger partial charge in [0.1, 0.15) is 22.8 Å². The van der Waals surface area contributed by atoms with Gasteiger partial charge in [-0.05, 0) is 11.6 Å². The zero-order valence-electron chi connectivity index (χ0n) is 17.8. The van der Waals surface area contributed by atoms with Crippen LogP contribution in [0, 0.1) is 21.4 Å². The van der Waals surface area contributed by atoms with Gasteiger partial charge < -0.3 is 28.8 Å². The maximum atomic E-state index is 13.3. The smallest absolute Gasteiger partial charge is 0.344 e. The van der Waals surface area contributed by atoms with Gasteiger partial charge in [-0.3, -0.25) is 10.1 Å². The molecule has 1 aliphatic rings. The van der Waals surface area contributed by atoms with Gasteiger partial charge in [-0.1, -0.05) is 12.1 Å². The first-order valence-corrected chi connectivity index (χ1v) is 9.85. The van der Waals surface area contributed by atoms with Crippen LogP contribution in [0.1, 0.15) is 17.0 Å². The Kier molecular flexibility index (Phi) is 4.65. The highest BCUT2D eigenvalue weighted by molar-refractivity contribution is 6.09. The van der Waals surface area contributed by atoms with Gasteiger partial charge >= 0.3 is 5.63 Å². The van der Waals surface area contributed by atoms with Crippen molar-refractivity contribution >= 4 is 27.6 Å². The van der Waals surface area contributed by atoms with Crippen LogP contribution in [0.5, 0.6) is 17.2 Å². The lowest BCUT2D eigenvalue weighted by molar-refractivity contribution is -0.384. The number of furan rings is 1. The summed E-state index contributed by atoms with van der Waals surface area (Å²) >= 11 is 0. The van der Waals surface area contributed by atoms with Gasteiger partial charge in [0.25, 0.3) is 5.69 Å². The number of nitrogens with zero attached hydrogens (tertiary/aromatic N) is 2. The summed E-state index contributed by atoms with van der Waals surface area (Å²) in [5.74, 6) is -0.746. The Morgan fingerprint density at radius 3 is 2.44 bits per heavy atom. The minimum Gasteiger partial charge on any atom is -0.495 e. The molecule has 11 nitrogen and oxygen atoms in total. The average molecular weight is 461 g/mol. The highest BCUT2D eigenvalue weighted by Crippen LogP contribution is 2.51. The molecule has 1 aliphatic heterocycles. The van der Waals surface area contributed by atoms with Crippen LogP contribution in [0.3, 0.4) is 0 Å². The highest BCUT2D eigenvalue weighted by Gasteiger charge is 2.38. The number of non-ortho nitro benzene ring substituents is 1. The molecule has 0 bridgehead atoms. The monoisotopic (exact) mass is 461 g/mol. The molecule has 1 atom stereocenters. The molecule has 11 heteroatoms. The van der Waals surface area contributed by atoms with Crippen LogP contribution in [-0.2, 0) is 0 Å². The summed E-state index contributed by atoms with van der Waals surface area (Å²) in [7, 11) is 2.83. The molecule has 0 saturated carbocycles. The maximum Gasteiger partial charge on any atom is 0.344 e. The fourth-order valence-electron chi connectivity index (χ4n) is 4.24. The Hall–Kier alpha value is -4.98. The first-order valence-electron chi connectivity index (χ1n) is 9.85. The molecule has 3 heterocycles. The van der Waals surface area contributed by atoms with Crippen molar-refractivity contribution in [3.63, 3.8) is 0 Å². The molecule has 0 saturated heterocycles. The number of ether oxygens (including phenoxy) is 3. The molecule has 2 aromatic heterocycles. The number of allylic oxidation sites excluding steroid dienone is 1. The van der Waals surface area contributed by atoms with E-state index in [1.807, 2.05) is 6.07 Å². The van der Waals surface area contributed by atoms with Crippen molar-refractivity contribution in [2.24, 2.45) is 5.73 Å². The molecule has 1 unspecified atom stereocenters. The topological polar surface area (TPSA) is 164 Å². The van der Waals surface area contributed by atoms with Crippen molar-refractivity contribution in [3.8, 4) is 23.3 Å². The highest BCUT2D eigenvalue weighted by atomic mass is 16.6. The molecule has 34 heavy (non-hydrogen) atoms. The molecule has 2 aromatic carbocycles. The third-order valence-corrected chi connectivity index (χ3v) is 5.68. The average Bonchev–Trinajstić information content (AvgIpc) is 3.31. The van der Waals surface area contributed by atoms with Crippen LogP contribution in [0.2, 0.25) is 0 Å². The van der Waals surface area contributed by atoms with Crippen LogP contribution < -0.4 is 25.6 Å². The SMILES string of the molecule is COc1c2occc2c(OC)c2c3c(c(=O)oc12)C(c1ccc([N+](=O)[O-])cc1)C(C#N)=C(N)O3. The third kappa shape index (κ3) is 2.79. The number of nitro groups is 1. The molecule has 5 rings (SSSR count). The Balaban J connectivity index is 1.91. The van der Waals surface area contributed by atoms with Crippen molar-refractivity contribution in [2.75, 3.05) is 14.2 Å². The van der Waals surface area contributed by atoms with Gasteiger partial charge in [0.15, 0.2) is 16.9 Å². The van der Waals surface area contributed by atoms with E-state index >= 15 is 0 Å². The summed E-state index contributed by atoms with van der Waals surface area (Å²) in [5, 5.41) is 21.7. The largest absolute Gasteiger partial charge is 0.495 e. The zero-order chi connectivity index (χ0) is 24.1. The van der Waals surface area contributed by atoms with E-state index in [2.05, 4.69) is 0 Å². The van der Waals surface area contributed by atoms with Crippen molar-refractivity contribution in [2.45, 2.75) is 5.92 Å². The molecule has 0 fully saturated rings. The van der Waals surface area contributed by atoms with Gasteiger partial charge in [0, 0.05) is 12.1 Å². The Labute approximate surface area is 190 Å². The number of hydrogen-bond donors (Lipinski definition) is 1. The molecular formula is C23H15N3O8. The molecule has 170 valence electrons. The number of hydrogen-bond acceptors (Lipinski definition) is 10. The minimum absolute atomic E-state index is 0.00435. The lowest BCUT2D eigenvalue weighted by Gasteiger charge is -2.26. The van der Waals surface area contributed by atoms with Crippen LogP contribution in [0.4, 0.5) is 5.69 Å². The first kappa shape index (κ1) is 20.9. The number of fused-ring (bicyclic) bond motifs is 4. The van der Waals surface area contributed by atoms with E-state index in [9.17, 15) is 20.2 Å². The van der Waals surface area contributed by atoms with E-state index < -0.39 is 16.5 Å². The summed E-state index contributed by atoms with van der Waals surface area (Å²) in [6.45, 7) is 0. The second kappa shape index (κ2) is 7.56. The zero-order valence-corrected chi connectivity index (χ0v) is 17.8. The van der Waals surface area contributed by atoms with Crippen molar-refractivity contribution in [3.05, 3.63) is 79.7 Å². The fourth-order valence-corrected chi connectivity index (χ4v) is 4.24. The van der Waals surface area contributed by atoms with E-state index in [0.717, 1.165) is 0 Å². The standard InChI is InChI=1S/C23H15N3O8/c1-30-17-12-7-8-32-18(12)21(31-2)20-16(17)19-15(23(27)34-20)14(13(9-24)22(25)33-19)10-3-5-11(6-4-10)26(28)29/h3-8,14H,25H2,1-2H3. The molecule has 0 radical (unpaired) electrons. The van der Waals surface area contributed by atoms with Crippen LogP contribution in [0.15, 0.2) is 61.7 Å². The molecule has 0 amide bonds. The van der Waals surface area contributed by atoms with Crippen LogP contribution >= 0.6 is 0 Å². The van der Waals surface area contributed by atoms with Gasteiger partial charge in [0.05, 0.1) is 42.3 Å². The van der Waals surface area contributed by atoms with Crippen LogP contribution in [0.25, 0.3) is 21.9 Å². The molecule has 0 spiro atoms. The predicted octanol–water partition coefficient (Wildman–Crippen LogP) is 3.68. The number of nitro benzene ring substituents is 1. The van der Waals surface area contributed by atoms with Crippen LogP contribution in [-0.4, -0.2) is 19.1 Å². The van der Waals surface area contributed by atoms with Gasteiger partial charge in [0.2, 0.25) is 11.6 Å². The molecule has 0 aliphatic carbocycles. The van der Waals surface area contributed by atoms with E-state index in [1.54, 1.807) is 6.07 Å². The normalized spacial score (nSPS) is 15.0. The van der Waals surface area contributed by atoms with Crippen molar-refractivity contribution in [1.82, 2.24) is 0 Å². The second-order valence-corrected chi connectivity index (χ2v) is 7.34. The lowest BCUT2D eigenvalue weighted by Crippen LogP contribution is -2.26. The van der Waals surface area contributed by atoms with Gasteiger partial charge in [-0.25, -0.2) is 4.79 Å². The molecular weight excluding hydrogens is 446 g/mol. The van der Waals surface area contributed by atoms with E-state index in [-0.39, 0.29) is 50.9 Å². The number of methoxy groups -OCH3 is 2. The van der Waals surface area contributed by atoms with Crippen molar-refractivity contribution < 1.29 is 28.0 Å². The lowest BCUT2D eigenvalue weighted by atomic mass is 9.83. The van der Waals surface area contributed by atoms with Gasteiger partial charge in [-0.2, -0.15) is 5.26 Å². The Morgan fingerprint density at radius 2 is 1.82 bits per heavy atom. The predicted molar refractivity (Wildman–Crippen MR) is 118 cm³/mol. The summed E-state index contributed by atoms with van der Waals surface area (Å²) < 4.78 is 28.1. The third-order valence-electron chi connectivity index (χ3n) is 5.68. The summed E-state index contributed by atoms with van der Waals surface area (Å²) in [5.41, 5.74) is 5.84. The maximum absolute atomic E-state index is 13.3. The first-order chi connectivity index (χ1) is 16.4. The Bertz CT molecular complexity index is 1620. The summed E-state index contributed by atoms with van der Waals surface area (Å²) in [6, 6.07) is 9.08. The molecule has 2 N–H and O–H groups in total. The quantitative estimate of drug-likeness (QED) is 0.269. The fraction of sp³-hybridized carbons (Fsp3) is 0.130. The second-order valence-electron chi connectivity index (χ2n) is 7.34. The number of benzene rings is 2. The Morgan fingerprint density at radius 1 is 1.12 bits per heavy atom. The summed E-state index contributed by atoms with van der Waals surface area (Å²) in [4.78, 5) is 23.8. The number of nitriles is 1. The minimum atomic E-state index is -0.994. The van der Waals surface area contributed by atoms with Gasteiger partial charge in [-0.15, -0.1) is 0 Å². The van der Waals surface area contributed by atoms with E-state index in [4.69, 9.17) is 28.8 Å². The number of rotatable bonds is 4. The number of nitrogens with two attached hydrogens (primary N) is 1. The summed E-state index contributed by atoms with van der Waals surface area (Å²) in [6.07, 6.45) is 1.43. The van der Waals surface area contributed by atoms with E-state index in [1.165, 1.54) is 44.7 Å². The molecule has 4 aromatic rings. The van der Waals surface area contributed by atoms with Crippen molar-refractivity contribution in [1.29, 1.82) is 5.26 Å². The van der Waals surface area contributed by atoms with E-state index in [0.29, 0.717) is 16.5 Å².